The number of hydrogen-bond donors (Lipinski definition) is 1. The average molecular weight is 340 g/mol. The van der Waals surface area contributed by atoms with Crippen molar-refractivity contribution in [3.63, 3.8) is 0 Å². The van der Waals surface area contributed by atoms with Crippen LogP contribution in [0.15, 0.2) is 45.7 Å². The van der Waals surface area contributed by atoms with Crippen molar-refractivity contribution >= 4 is 5.91 Å². The number of nitrogens with zero attached hydrogens (tertiary/aromatic N) is 3. The van der Waals surface area contributed by atoms with Crippen LogP contribution in [0, 0.1) is 5.92 Å². The van der Waals surface area contributed by atoms with Crippen molar-refractivity contribution in [2.24, 2.45) is 5.92 Å². The van der Waals surface area contributed by atoms with E-state index in [0.717, 1.165) is 0 Å². The van der Waals surface area contributed by atoms with Gasteiger partial charge in [0.2, 0.25) is 5.88 Å². The number of pyridine rings is 1. The van der Waals surface area contributed by atoms with E-state index in [1.54, 1.807) is 24.3 Å². The Hall–Kier alpha value is -3.16. The Balaban J connectivity index is 1.31. The molecule has 8 nitrogen and oxygen atoms in total. The van der Waals surface area contributed by atoms with Gasteiger partial charge in [0, 0.05) is 12.3 Å². The highest BCUT2D eigenvalue weighted by molar-refractivity contribution is 5.93. The first kappa shape index (κ1) is 15.4. The number of rotatable bonds is 7. The number of carbonyl (C=O) groups is 1. The average Bonchev–Trinajstić information content (AvgIpc) is 3.11. The molecule has 4 rings (SSSR count). The van der Waals surface area contributed by atoms with Gasteiger partial charge >= 0.3 is 0 Å². The van der Waals surface area contributed by atoms with Gasteiger partial charge in [0.15, 0.2) is 11.6 Å². The van der Waals surface area contributed by atoms with E-state index in [9.17, 15) is 4.79 Å². The molecule has 1 fully saturated rings. The molecule has 25 heavy (non-hydrogen) atoms. The van der Waals surface area contributed by atoms with Gasteiger partial charge in [0.05, 0.1) is 25.0 Å². The van der Waals surface area contributed by atoms with Gasteiger partial charge in [-0.05, 0) is 37.0 Å². The quantitative estimate of drug-likeness (QED) is 0.704. The lowest BCUT2D eigenvalue weighted by Crippen LogP contribution is -2.23. The highest BCUT2D eigenvalue weighted by Crippen LogP contribution is 2.29. The second kappa shape index (κ2) is 6.76. The zero-order chi connectivity index (χ0) is 17.1. The third kappa shape index (κ3) is 3.85. The number of aromatic nitrogens is 3. The van der Waals surface area contributed by atoms with E-state index >= 15 is 0 Å². The van der Waals surface area contributed by atoms with Gasteiger partial charge in [-0.3, -0.25) is 4.79 Å². The molecule has 0 atom stereocenters. The van der Waals surface area contributed by atoms with E-state index in [0.29, 0.717) is 35.6 Å². The van der Waals surface area contributed by atoms with Gasteiger partial charge in [0.1, 0.15) is 0 Å². The molecule has 128 valence electrons. The van der Waals surface area contributed by atoms with E-state index in [1.165, 1.54) is 25.3 Å². The molecular weight excluding hydrogens is 324 g/mol. The summed E-state index contributed by atoms with van der Waals surface area (Å²) in [6.45, 7) is 0.831. The van der Waals surface area contributed by atoms with Gasteiger partial charge in [-0.2, -0.15) is 4.98 Å². The van der Waals surface area contributed by atoms with Gasteiger partial charge in [-0.15, -0.1) is 0 Å². The van der Waals surface area contributed by atoms with Crippen molar-refractivity contribution in [1.29, 1.82) is 0 Å². The maximum atomic E-state index is 12.1. The molecule has 0 radical (unpaired) electrons. The van der Waals surface area contributed by atoms with E-state index in [-0.39, 0.29) is 18.3 Å². The van der Waals surface area contributed by atoms with Crippen LogP contribution < -0.4 is 10.1 Å². The first-order chi connectivity index (χ1) is 12.3. The van der Waals surface area contributed by atoms with E-state index in [4.69, 9.17) is 13.7 Å². The fourth-order valence-corrected chi connectivity index (χ4v) is 2.18. The van der Waals surface area contributed by atoms with Crippen LogP contribution in [-0.2, 0) is 6.54 Å². The lowest BCUT2D eigenvalue weighted by Gasteiger charge is -2.05. The highest BCUT2D eigenvalue weighted by atomic mass is 16.5. The summed E-state index contributed by atoms with van der Waals surface area (Å²) < 4.78 is 15.8. The van der Waals surface area contributed by atoms with E-state index in [2.05, 4.69) is 20.4 Å². The summed E-state index contributed by atoms with van der Waals surface area (Å²) in [5, 5.41) is 6.52. The molecule has 0 bridgehead atoms. The number of nitrogens with one attached hydrogen (secondary N) is 1. The minimum atomic E-state index is -0.273. The second-order valence-corrected chi connectivity index (χ2v) is 5.82. The predicted octanol–water partition coefficient (Wildman–Crippen LogP) is 2.44. The Morgan fingerprint density at radius 3 is 2.96 bits per heavy atom. The Morgan fingerprint density at radius 2 is 2.24 bits per heavy atom. The monoisotopic (exact) mass is 340 g/mol. The molecule has 1 saturated carbocycles. The van der Waals surface area contributed by atoms with Gasteiger partial charge in [-0.1, -0.05) is 5.16 Å². The summed E-state index contributed by atoms with van der Waals surface area (Å²) in [6, 6.07) is 6.82. The fraction of sp³-hybridized carbons (Fsp3) is 0.294. The third-order valence-electron chi connectivity index (χ3n) is 3.77. The maximum Gasteiger partial charge on any atom is 0.293 e. The van der Waals surface area contributed by atoms with E-state index < -0.39 is 0 Å². The van der Waals surface area contributed by atoms with Gasteiger partial charge in [-0.25, -0.2) is 4.98 Å². The van der Waals surface area contributed by atoms with Gasteiger partial charge < -0.3 is 19.0 Å². The number of amides is 1. The smallest absolute Gasteiger partial charge is 0.293 e. The lowest BCUT2D eigenvalue weighted by molar-refractivity contribution is 0.0949. The van der Waals surface area contributed by atoms with Crippen LogP contribution in [0.2, 0.25) is 0 Å². The predicted molar refractivity (Wildman–Crippen MR) is 85.6 cm³/mol. The standard InChI is InChI=1S/C17H16N4O4/c22-16(12-5-6-15(18-8-12)24-10-11-3-4-11)19-9-14-20-17(25-21-14)13-2-1-7-23-13/h1-2,5-8,11H,3-4,9-10H2,(H,19,22). The van der Waals surface area contributed by atoms with Crippen LogP contribution >= 0.6 is 0 Å². The summed E-state index contributed by atoms with van der Waals surface area (Å²) in [6.07, 6.45) is 5.45. The molecule has 3 aromatic rings. The topological polar surface area (TPSA) is 103 Å². The van der Waals surface area contributed by atoms with Crippen molar-refractivity contribution in [3.05, 3.63) is 48.1 Å². The largest absolute Gasteiger partial charge is 0.477 e. The second-order valence-electron chi connectivity index (χ2n) is 5.82. The van der Waals surface area contributed by atoms with Crippen LogP contribution in [0.5, 0.6) is 5.88 Å². The summed E-state index contributed by atoms with van der Waals surface area (Å²) in [4.78, 5) is 20.4. The molecule has 1 aliphatic carbocycles. The zero-order valence-corrected chi connectivity index (χ0v) is 13.3. The lowest BCUT2D eigenvalue weighted by atomic mass is 10.2. The summed E-state index contributed by atoms with van der Waals surface area (Å²) in [7, 11) is 0. The number of hydrogen-bond acceptors (Lipinski definition) is 7. The summed E-state index contributed by atoms with van der Waals surface area (Å²) in [5.74, 6) is 2.03. The third-order valence-corrected chi connectivity index (χ3v) is 3.77. The minimum absolute atomic E-state index is 0.142. The minimum Gasteiger partial charge on any atom is -0.477 e. The van der Waals surface area contributed by atoms with Crippen LogP contribution in [0.1, 0.15) is 29.0 Å². The van der Waals surface area contributed by atoms with Crippen LogP contribution in [0.25, 0.3) is 11.7 Å². The molecule has 1 amide bonds. The normalized spacial score (nSPS) is 13.6. The molecule has 1 aliphatic rings. The first-order valence-electron chi connectivity index (χ1n) is 8.01. The molecule has 0 saturated heterocycles. The Morgan fingerprint density at radius 1 is 1.32 bits per heavy atom. The number of furan rings is 1. The highest BCUT2D eigenvalue weighted by Gasteiger charge is 2.22. The SMILES string of the molecule is O=C(NCc1noc(-c2ccco2)n1)c1ccc(OCC2CC2)nc1. The summed E-state index contributed by atoms with van der Waals surface area (Å²) in [5.41, 5.74) is 0.438. The van der Waals surface area contributed by atoms with Crippen molar-refractivity contribution in [1.82, 2.24) is 20.4 Å². The fourth-order valence-electron chi connectivity index (χ4n) is 2.18. The van der Waals surface area contributed by atoms with Crippen molar-refractivity contribution in [3.8, 4) is 17.5 Å². The molecule has 3 heterocycles. The molecule has 0 unspecified atom stereocenters. The molecule has 0 aliphatic heterocycles. The number of carbonyl (C=O) groups excluding carboxylic acids is 1. The van der Waals surface area contributed by atoms with Crippen molar-refractivity contribution < 1.29 is 18.5 Å². The zero-order valence-electron chi connectivity index (χ0n) is 13.3. The molecule has 0 spiro atoms. The molecular formula is C17H16N4O4. The van der Waals surface area contributed by atoms with Crippen molar-refractivity contribution in [2.75, 3.05) is 6.61 Å². The Bertz CT molecular complexity index is 838. The van der Waals surface area contributed by atoms with Crippen LogP contribution in [0.3, 0.4) is 0 Å². The van der Waals surface area contributed by atoms with Crippen LogP contribution in [0.4, 0.5) is 0 Å². The molecule has 0 aromatic carbocycles. The Kier molecular flexibility index (Phi) is 4.16. The van der Waals surface area contributed by atoms with Gasteiger partial charge in [0.25, 0.3) is 11.8 Å². The molecule has 3 aromatic heterocycles. The van der Waals surface area contributed by atoms with Crippen LogP contribution in [-0.4, -0.2) is 27.6 Å². The first-order valence-corrected chi connectivity index (χ1v) is 8.01. The summed E-state index contributed by atoms with van der Waals surface area (Å²) >= 11 is 0. The molecule has 8 heteroatoms. The number of ether oxygens (including phenoxy) is 1. The van der Waals surface area contributed by atoms with Crippen molar-refractivity contribution in [2.45, 2.75) is 19.4 Å². The maximum absolute atomic E-state index is 12.1. The Labute approximate surface area is 143 Å². The molecule has 1 N–H and O–H groups in total. The van der Waals surface area contributed by atoms with E-state index in [1.807, 2.05) is 0 Å².